The number of nitrogens with two attached hydrogens (primary N) is 1. The molecule has 0 spiro atoms. The topological polar surface area (TPSA) is 87.4 Å². The largest absolute Gasteiger partial charge is 0.397 e. The first-order valence-corrected chi connectivity index (χ1v) is 5.13. The van der Waals surface area contributed by atoms with Crippen molar-refractivity contribution in [3.05, 3.63) is 24.2 Å². The van der Waals surface area contributed by atoms with Gasteiger partial charge in [-0.05, 0) is 13.0 Å². The van der Waals surface area contributed by atoms with E-state index in [0.717, 1.165) is 11.2 Å². The van der Waals surface area contributed by atoms with Crippen molar-refractivity contribution in [1.29, 1.82) is 0 Å². The summed E-state index contributed by atoms with van der Waals surface area (Å²) in [5, 5.41) is 12.3. The Kier molecular flexibility index (Phi) is 1.88. The van der Waals surface area contributed by atoms with Crippen LogP contribution in [0.3, 0.4) is 0 Å². The van der Waals surface area contributed by atoms with Gasteiger partial charge in [-0.15, -0.1) is 5.10 Å². The number of aryl methyl sites for hydroxylation is 2. The summed E-state index contributed by atoms with van der Waals surface area (Å²) in [5.41, 5.74) is 8.85. The van der Waals surface area contributed by atoms with Gasteiger partial charge in [-0.2, -0.15) is 5.10 Å². The first-order valence-electron chi connectivity index (χ1n) is 5.13. The molecule has 0 saturated heterocycles. The summed E-state index contributed by atoms with van der Waals surface area (Å²) >= 11 is 0. The molecule has 7 nitrogen and oxygen atoms in total. The highest BCUT2D eigenvalue weighted by molar-refractivity contribution is 5.87. The predicted octanol–water partition coefficient (Wildman–Crippen LogP) is 0.440. The van der Waals surface area contributed by atoms with Gasteiger partial charge in [0.25, 0.3) is 0 Å². The van der Waals surface area contributed by atoms with Gasteiger partial charge in [0.15, 0.2) is 5.82 Å². The third-order valence-corrected chi connectivity index (χ3v) is 2.62. The molecule has 3 aromatic heterocycles. The fourth-order valence-electron chi connectivity index (χ4n) is 1.77. The molecule has 0 aliphatic rings. The normalized spacial score (nSPS) is 11.2. The Morgan fingerprint density at radius 1 is 1.29 bits per heavy atom. The minimum atomic E-state index is 0.612. The lowest BCUT2D eigenvalue weighted by atomic mass is 10.3. The standard InChI is InChI=1S/C10H11N7/c1-6-9-10(7(11)3-4-12-9)14-17(6)8-5-16(2)15-13-8/h3-5H,11H2,1-2H3. The number of pyridine rings is 1. The molecule has 0 saturated carbocycles. The SMILES string of the molecule is Cc1c2nccc(N)c2nn1-c1cn(C)nn1. The van der Waals surface area contributed by atoms with Gasteiger partial charge in [0.1, 0.15) is 11.0 Å². The van der Waals surface area contributed by atoms with Gasteiger partial charge in [0.05, 0.1) is 17.6 Å². The van der Waals surface area contributed by atoms with E-state index in [0.29, 0.717) is 17.0 Å². The van der Waals surface area contributed by atoms with Crippen LogP contribution in [-0.2, 0) is 7.05 Å². The van der Waals surface area contributed by atoms with Gasteiger partial charge < -0.3 is 5.73 Å². The van der Waals surface area contributed by atoms with Crippen molar-refractivity contribution in [2.45, 2.75) is 6.92 Å². The van der Waals surface area contributed by atoms with Crippen LogP contribution in [0.1, 0.15) is 5.69 Å². The Bertz CT molecular complexity index is 694. The van der Waals surface area contributed by atoms with E-state index in [1.807, 2.05) is 14.0 Å². The highest BCUT2D eigenvalue weighted by Gasteiger charge is 2.13. The van der Waals surface area contributed by atoms with Crippen LogP contribution in [0.25, 0.3) is 16.9 Å². The first kappa shape index (κ1) is 9.76. The molecule has 0 unspecified atom stereocenters. The molecule has 0 aliphatic carbocycles. The quantitative estimate of drug-likeness (QED) is 0.654. The predicted molar refractivity (Wildman–Crippen MR) is 62.6 cm³/mol. The Morgan fingerprint density at radius 3 is 2.76 bits per heavy atom. The smallest absolute Gasteiger partial charge is 0.195 e. The molecule has 0 fully saturated rings. The van der Waals surface area contributed by atoms with Crippen LogP contribution in [0.2, 0.25) is 0 Å². The first-order chi connectivity index (χ1) is 8.16. The summed E-state index contributed by atoms with van der Waals surface area (Å²) in [4.78, 5) is 4.28. The highest BCUT2D eigenvalue weighted by Crippen LogP contribution is 2.22. The van der Waals surface area contributed by atoms with Crippen LogP contribution in [-0.4, -0.2) is 29.8 Å². The van der Waals surface area contributed by atoms with Crippen molar-refractivity contribution in [3.63, 3.8) is 0 Å². The van der Waals surface area contributed by atoms with E-state index in [2.05, 4.69) is 20.4 Å². The molecule has 3 rings (SSSR count). The summed E-state index contributed by atoms with van der Waals surface area (Å²) < 4.78 is 3.32. The minimum Gasteiger partial charge on any atom is -0.397 e. The summed E-state index contributed by atoms with van der Waals surface area (Å²) in [6, 6.07) is 1.73. The fraction of sp³-hybridized carbons (Fsp3) is 0.200. The fourth-order valence-corrected chi connectivity index (χ4v) is 1.77. The summed E-state index contributed by atoms with van der Waals surface area (Å²) in [7, 11) is 1.81. The molecule has 0 aromatic carbocycles. The second-order valence-electron chi connectivity index (χ2n) is 3.85. The lowest BCUT2D eigenvalue weighted by Gasteiger charge is -1.95. The lowest BCUT2D eigenvalue weighted by molar-refractivity contribution is 0.712. The number of nitrogens with zero attached hydrogens (tertiary/aromatic N) is 6. The molecule has 7 heteroatoms. The van der Waals surface area contributed by atoms with Crippen molar-refractivity contribution >= 4 is 16.7 Å². The Labute approximate surface area is 96.9 Å². The number of hydrogen-bond acceptors (Lipinski definition) is 5. The molecule has 3 aromatic rings. The van der Waals surface area contributed by atoms with Crippen molar-refractivity contribution in [3.8, 4) is 5.82 Å². The second-order valence-corrected chi connectivity index (χ2v) is 3.85. The summed E-state index contributed by atoms with van der Waals surface area (Å²) in [6.45, 7) is 1.93. The van der Waals surface area contributed by atoms with E-state index in [1.165, 1.54) is 0 Å². The van der Waals surface area contributed by atoms with Crippen molar-refractivity contribution in [2.24, 2.45) is 7.05 Å². The number of fused-ring (bicyclic) bond motifs is 1. The van der Waals surface area contributed by atoms with Gasteiger partial charge in [0.2, 0.25) is 0 Å². The summed E-state index contributed by atoms with van der Waals surface area (Å²) in [5.74, 6) is 0.655. The van der Waals surface area contributed by atoms with E-state index >= 15 is 0 Å². The number of rotatable bonds is 1. The van der Waals surface area contributed by atoms with E-state index in [9.17, 15) is 0 Å². The molecular formula is C10H11N7. The van der Waals surface area contributed by atoms with Gasteiger partial charge in [0, 0.05) is 13.2 Å². The maximum absolute atomic E-state index is 5.86. The molecule has 0 aliphatic heterocycles. The highest BCUT2D eigenvalue weighted by atomic mass is 15.5. The van der Waals surface area contributed by atoms with E-state index in [1.54, 1.807) is 27.8 Å². The van der Waals surface area contributed by atoms with Crippen LogP contribution in [0.5, 0.6) is 0 Å². The number of anilines is 1. The van der Waals surface area contributed by atoms with Gasteiger partial charge in [-0.1, -0.05) is 5.21 Å². The molecule has 0 amide bonds. The van der Waals surface area contributed by atoms with E-state index in [4.69, 9.17) is 5.73 Å². The van der Waals surface area contributed by atoms with Gasteiger partial charge >= 0.3 is 0 Å². The maximum Gasteiger partial charge on any atom is 0.195 e. The molecule has 2 N–H and O–H groups in total. The zero-order valence-corrected chi connectivity index (χ0v) is 9.49. The van der Waals surface area contributed by atoms with Gasteiger partial charge in [-0.3, -0.25) is 9.67 Å². The van der Waals surface area contributed by atoms with Crippen molar-refractivity contribution in [2.75, 3.05) is 5.73 Å². The van der Waals surface area contributed by atoms with E-state index < -0.39 is 0 Å². The molecule has 0 atom stereocenters. The van der Waals surface area contributed by atoms with Crippen LogP contribution in [0.15, 0.2) is 18.5 Å². The zero-order valence-electron chi connectivity index (χ0n) is 9.49. The number of nitrogen functional groups attached to an aromatic ring is 1. The lowest BCUT2D eigenvalue weighted by Crippen LogP contribution is -1.99. The molecule has 3 heterocycles. The third-order valence-electron chi connectivity index (χ3n) is 2.62. The van der Waals surface area contributed by atoms with Gasteiger partial charge in [-0.25, -0.2) is 4.68 Å². The minimum absolute atomic E-state index is 0.612. The van der Waals surface area contributed by atoms with Crippen molar-refractivity contribution < 1.29 is 0 Å². The Morgan fingerprint density at radius 2 is 2.12 bits per heavy atom. The second kappa shape index (κ2) is 3.27. The van der Waals surface area contributed by atoms with Crippen LogP contribution in [0.4, 0.5) is 5.69 Å². The average molecular weight is 229 g/mol. The van der Waals surface area contributed by atoms with E-state index in [-0.39, 0.29) is 0 Å². The number of hydrogen-bond donors (Lipinski definition) is 1. The number of aromatic nitrogens is 6. The monoisotopic (exact) mass is 229 g/mol. The maximum atomic E-state index is 5.86. The Balaban J connectivity index is 2.31. The zero-order chi connectivity index (χ0) is 12.0. The van der Waals surface area contributed by atoms with Crippen LogP contribution < -0.4 is 5.73 Å². The van der Waals surface area contributed by atoms with Crippen LogP contribution >= 0.6 is 0 Å². The van der Waals surface area contributed by atoms with Crippen molar-refractivity contribution in [1.82, 2.24) is 29.8 Å². The molecular weight excluding hydrogens is 218 g/mol. The average Bonchev–Trinajstić information content (AvgIpc) is 2.85. The molecule has 17 heavy (non-hydrogen) atoms. The Hall–Kier alpha value is -2.44. The van der Waals surface area contributed by atoms with Crippen LogP contribution in [0, 0.1) is 6.92 Å². The summed E-state index contributed by atoms with van der Waals surface area (Å²) in [6.07, 6.45) is 3.46. The molecule has 86 valence electrons. The molecule has 0 bridgehead atoms. The third kappa shape index (κ3) is 1.36. The molecule has 0 radical (unpaired) electrons.